The summed E-state index contributed by atoms with van der Waals surface area (Å²) in [6.45, 7) is 0.209. The van der Waals surface area contributed by atoms with Crippen LogP contribution in [0.4, 0.5) is 5.69 Å². The topological polar surface area (TPSA) is 75.3 Å². The lowest BCUT2D eigenvalue weighted by atomic mass is 10.0. The van der Waals surface area contributed by atoms with Gasteiger partial charge in [-0.1, -0.05) is 72.8 Å². The van der Waals surface area contributed by atoms with E-state index in [0.717, 1.165) is 16.7 Å². The second-order valence-electron chi connectivity index (χ2n) is 7.23. The molecule has 2 N–H and O–H groups in total. The minimum atomic E-state index is -3.65. The van der Waals surface area contributed by atoms with E-state index in [-0.39, 0.29) is 17.3 Å². The van der Waals surface area contributed by atoms with Crippen LogP contribution in [0.25, 0.3) is 11.1 Å². The van der Waals surface area contributed by atoms with Crippen LogP contribution in [0.3, 0.4) is 0 Å². The summed E-state index contributed by atoms with van der Waals surface area (Å²) in [5.41, 5.74) is 4.02. The Morgan fingerprint density at radius 3 is 1.84 bits per heavy atom. The Morgan fingerprint density at radius 2 is 1.22 bits per heavy atom. The third-order valence-electron chi connectivity index (χ3n) is 4.99. The Labute approximate surface area is 187 Å². The number of carbonyl (C=O) groups is 1. The molecule has 160 valence electrons. The molecule has 0 aromatic heterocycles. The first kappa shape index (κ1) is 21.5. The monoisotopic (exact) mass is 442 g/mol. The van der Waals surface area contributed by atoms with Gasteiger partial charge in [0.05, 0.1) is 4.90 Å². The van der Waals surface area contributed by atoms with Crippen molar-refractivity contribution < 1.29 is 13.2 Å². The van der Waals surface area contributed by atoms with Crippen LogP contribution < -0.4 is 10.0 Å². The van der Waals surface area contributed by atoms with Crippen molar-refractivity contribution in [3.8, 4) is 11.1 Å². The number of carbonyl (C=O) groups excluding carboxylic acids is 1. The zero-order valence-corrected chi connectivity index (χ0v) is 18.0. The summed E-state index contributed by atoms with van der Waals surface area (Å²) in [7, 11) is -3.65. The second kappa shape index (κ2) is 9.60. The predicted molar refractivity (Wildman–Crippen MR) is 127 cm³/mol. The molecule has 0 unspecified atom stereocenters. The van der Waals surface area contributed by atoms with Crippen LogP contribution in [-0.2, 0) is 16.6 Å². The smallest absolute Gasteiger partial charge is 0.255 e. The van der Waals surface area contributed by atoms with Crippen LogP contribution in [0.5, 0.6) is 0 Å². The highest BCUT2D eigenvalue weighted by molar-refractivity contribution is 7.89. The lowest BCUT2D eigenvalue weighted by molar-refractivity contribution is 0.102. The van der Waals surface area contributed by atoms with Gasteiger partial charge in [0.2, 0.25) is 10.0 Å². The second-order valence-corrected chi connectivity index (χ2v) is 9.00. The first-order valence-corrected chi connectivity index (χ1v) is 11.6. The van der Waals surface area contributed by atoms with E-state index in [4.69, 9.17) is 0 Å². The van der Waals surface area contributed by atoms with E-state index < -0.39 is 10.0 Å². The lowest BCUT2D eigenvalue weighted by Gasteiger charge is -2.09. The lowest BCUT2D eigenvalue weighted by Crippen LogP contribution is -2.23. The molecular weight excluding hydrogens is 420 g/mol. The van der Waals surface area contributed by atoms with Gasteiger partial charge in [0.1, 0.15) is 0 Å². The van der Waals surface area contributed by atoms with E-state index in [0.29, 0.717) is 11.3 Å². The van der Waals surface area contributed by atoms with Gasteiger partial charge in [-0.3, -0.25) is 4.79 Å². The summed E-state index contributed by atoms with van der Waals surface area (Å²) in [6.07, 6.45) is 0. The normalized spacial score (nSPS) is 11.1. The standard InChI is InChI=1S/C26H22N2O3S/c29-26(23-13-11-22(12-14-23)21-9-5-2-6-10-21)28-24-15-17-25(18-16-24)32(30,31)27-19-20-7-3-1-4-8-20/h1-18,27H,19H2,(H,28,29). The van der Waals surface area contributed by atoms with Gasteiger partial charge in [-0.15, -0.1) is 0 Å². The zero-order valence-electron chi connectivity index (χ0n) is 17.2. The van der Waals surface area contributed by atoms with E-state index in [1.807, 2.05) is 72.8 Å². The highest BCUT2D eigenvalue weighted by Crippen LogP contribution is 2.20. The molecule has 0 aliphatic carbocycles. The third-order valence-corrected chi connectivity index (χ3v) is 6.40. The first-order valence-electron chi connectivity index (χ1n) is 10.1. The number of hydrogen-bond acceptors (Lipinski definition) is 3. The number of rotatable bonds is 7. The minimum absolute atomic E-state index is 0.138. The summed E-state index contributed by atoms with van der Waals surface area (Å²) in [5.74, 6) is -0.262. The number of anilines is 1. The van der Waals surface area contributed by atoms with Crippen molar-refractivity contribution >= 4 is 21.6 Å². The van der Waals surface area contributed by atoms with Crippen LogP contribution in [0.2, 0.25) is 0 Å². The molecular formula is C26H22N2O3S. The maximum absolute atomic E-state index is 12.6. The summed E-state index contributed by atoms with van der Waals surface area (Å²) in [6, 6.07) is 32.7. The molecule has 4 rings (SSSR count). The fourth-order valence-electron chi connectivity index (χ4n) is 3.22. The maximum Gasteiger partial charge on any atom is 0.255 e. The van der Waals surface area contributed by atoms with Crippen molar-refractivity contribution in [1.82, 2.24) is 4.72 Å². The third kappa shape index (κ3) is 5.29. The Balaban J connectivity index is 1.39. The van der Waals surface area contributed by atoms with Crippen molar-refractivity contribution in [3.05, 3.63) is 120 Å². The molecule has 0 fully saturated rings. The number of amides is 1. The van der Waals surface area contributed by atoms with E-state index in [9.17, 15) is 13.2 Å². The van der Waals surface area contributed by atoms with Crippen molar-refractivity contribution in [2.45, 2.75) is 11.4 Å². The molecule has 0 spiro atoms. The van der Waals surface area contributed by atoms with E-state index in [1.54, 1.807) is 24.3 Å². The molecule has 0 saturated carbocycles. The quantitative estimate of drug-likeness (QED) is 0.419. The molecule has 0 aliphatic heterocycles. The van der Waals surface area contributed by atoms with Crippen LogP contribution in [0.15, 0.2) is 114 Å². The van der Waals surface area contributed by atoms with Gasteiger partial charge >= 0.3 is 0 Å². The highest BCUT2D eigenvalue weighted by Gasteiger charge is 2.14. The Hall–Kier alpha value is -3.74. The van der Waals surface area contributed by atoms with Crippen LogP contribution in [0.1, 0.15) is 15.9 Å². The van der Waals surface area contributed by atoms with Crippen molar-refractivity contribution in [2.75, 3.05) is 5.32 Å². The van der Waals surface area contributed by atoms with Crippen molar-refractivity contribution in [2.24, 2.45) is 0 Å². The average Bonchev–Trinajstić information content (AvgIpc) is 2.84. The summed E-state index contributed by atoms with van der Waals surface area (Å²) in [5, 5.41) is 2.80. The van der Waals surface area contributed by atoms with E-state index in [2.05, 4.69) is 10.0 Å². The number of benzene rings is 4. The van der Waals surface area contributed by atoms with Crippen LogP contribution >= 0.6 is 0 Å². The molecule has 1 amide bonds. The summed E-state index contributed by atoms with van der Waals surface area (Å²) < 4.78 is 27.6. The van der Waals surface area contributed by atoms with E-state index >= 15 is 0 Å². The Kier molecular flexibility index (Phi) is 6.44. The molecule has 32 heavy (non-hydrogen) atoms. The van der Waals surface area contributed by atoms with Crippen LogP contribution in [-0.4, -0.2) is 14.3 Å². The van der Waals surface area contributed by atoms with Crippen molar-refractivity contribution in [1.29, 1.82) is 0 Å². The fraction of sp³-hybridized carbons (Fsp3) is 0.0385. The SMILES string of the molecule is O=C(Nc1ccc(S(=O)(=O)NCc2ccccc2)cc1)c1ccc(-c2ccccc2)cc1. The molecule has 0 aliphatic rings. The van der Waals surface area contributed by atoms with Gasteiger partial charge < -0.3 is 5.32 Å². The molecule has 0 radical (unpaired) electrons. The molecule has 0 saturated heterocycles. The summed E-state index contributed by atoms with van der Waals surface area (Å²) in [4.78, 5) is 12.7. The number of hydrogen-bond donors (Lipinski definition) is 2. The predicted octanol–water partition coefficient (Wildman–Crippen LogP) is 5.08. The largest absolute Gasteiger partial charge is 0.322 e. The van der Waals surface area contributed by atoms with E-state index in [1.165, 1.54) is 12.1 Å². The van der Waals surface area contributed by atoms with Gasteiger partial charge in [-0.05, 0) is 53.1 Å². The number of sulfonamides is 1. The zero-order chi connectivity index (χ0) is 22.4. The van der Waals surface area contributed by atoms with Gasteiger partial charge in [0.25, 0.3) is 5.91 Å². The molecule has 4 aromatic carbocycles. The molecule has 5 nitrogen and oxygen atoms in total. The Bertz CT molecular complexity index is 1290. The van der Waals surface area contributed by atoms with Crippen molar-refractivity contribution in [3.63, 3.8) is 0 Å². The van der Waals surface area contributed by atoms with Gasteiger partial charge in [-0.2, -0.15) is 0 Å². The van der Waals surface area contributed by atoms with Crippen LogP contribution in [0, 0.1) is 0 Å². The molecule has 6 heteroatoms. The van der Waals surface area contributed by atoms with Gasteiger partial charge in [0, 0.05) is 17.8 Å². The summed E-state index contributed by atoms with van der Waals surface area (Å²) >= 11 is 0. The fourth-order valence-corrected chi connectivity index (χ4v) is 4.24. The number of nitrogens with one attached hydrogen (secondary N) is 2. The highest BCUT2D eigenvalue weighted by atomic mass is 32.2. The average molecular weight is 443 g/mol. The first-order chi connectivity index (χ1) is 15.5. The molecule has 0 atom stereocenters. The minimum Gasteiger partial charge on any atom is -0.322 e. The molecule has 4 aromatic rings. The molecule has 0 heterocycles. The molecule has 0 bridgehead atoms. The van der Waals surface area contributed by atoms with Gasteiger partial charge in [0.15, 0.2) is 0 Å². The maximum atomic E-state index is 12.6. The Morgan fingerprint density at radius 1 is 0.656 bits per heavy atom. The van der Waals surface area contributed by atoms with Gasteiger partial charge in [-0.25, -0.2) is 13.1 Å².